The fraction of sp³-hybridized carbons (Fsp3) is 0.333. The average molecular weight is 335 g/mol. The monoisotopic (exact) mass is 335 g/mol. The highest BCUT2D eigenvalue weighted by atomic mass is 16.2. The van der Waals surface area contributed by atoms with Gasteiger partial charge >= 0.3 is 0 Å². The molecule has 25 heavy (non-hydrogen) atoms. The molecule has 4 heteroatoms. The van der Waals surface area contributed by atoms with Crippen molar-refractivity contribution in [1.82, 2.24) is 10.2 Å². The van der Waals surface area contributed by atoms with Crippen molar-refractivity contribution < 1.29 is 4.79 Å². The van der Waals surface area contributed by atoms with Gasteiger partial charge in [0.25, 0.3) is 0 Å². The van der Waals surface area contributed by atoms with Crippen molar-refractivity contribution in [2.75, 3.05) is 13.1 Å². The number of carbonyl (C=O) groups is 1. The Morgan fingerprint density at radius 3 is 2.36 bits per heavy atom. The summed E-state index contributed by atoms with van der Waals surface area (Å²) < 4.78 is 0. The van der Waals surface area contributed by atoms with Crippen LogP contribution in [0.4, 0.5) is 0 Å². The molecule has 4 nitrogen and oxygen atoms in total. The second-order valence-electron chi connectivity index (χ2n) is 6.66. The molecule has 0 bridgehead atoms. The summed E-state index contributed by atoms with van der Waals surface area (Å²) in [6.07, 6.45) is 0. The molecule has 1 unspecified atom stereocenters. The van der Waals surface area contributed by atoms with Crippen LogP contribution in [0, 0.1) is 5.92 Å². The zero-order chi connectivity index (χ0) is 17.6. The van der Waals surface area contributed by atoms with E-state index in [4.69, 9.17) is 0 Å². The maximum absolute atomic E-state index is 12.9. The van der Waals surface area contributed by atoms with Crippen molar-refractivity contribution in [1.29, 1.82) is 0 Å². The minimum absolute atomic E-state index is 0.0596. The van der Waals surface area contributed by atoms with Gasteiger partial charge in [-0.2, -0.15) is 0 Å². The predicted octanol–water partition coefficient (Wildman–Crippen LogP) is 3.09. The van der Waals surface area contributed by atoms with Crippen LogP contribution in [0.15, 0.2) is 65.7 Å². The number of amidine groups is 1. The lowest BCUT2D eigenvalue weighted by Gasteiger charge is -2.32. The summed E-state index contributed by atoms with van der Waals surface area (Å²) in [5.74, 6) is 1.18. The van der Waals surface area contributed by atoms with E-state index >= 15 is 0 Å². The Bertz CT molecular complexity index is 725. The SMILES string of the molecule is CC(C)C(C(=O)NCc1ccccc1)N1CCN=C1c1ccccc1. The molecule has 0 saturated heterocycles. The van der Waals surface area contributed by atoms with Crippen molar-refractivity contribution in [3.63, 3.8) is 0 Å². The summed E-state index contributed by atoms with van der Waals surface area (Å²) in [6, 6.07) is 19.9. The number of carbonyl (C=O) groups excluding carboxylic acids is 1. The molecule has 1 amide bonds. The van der Waals surface area contributed by atoms with Gasteiger partial charge in [0.1, 0.15) is 11.9 Å². The molecule has 3 rings (SSSR count). The minimum atomic E-state index is -0.217. The first-order chi connectivity index (χ1) is 12.2. The van der Waals surface area contributed by atoms with Crippen molar-refractivity contribution in [3.8, 4) is 0 Å². The number of nitrogens with zero attached hydrogens (tertiary/aromatic N) is 2. The molecule has 0 aromatic heterocycles. The van der Waals surface area contributed by atoms with E-state index in [2.05, 4.69) is 41.2 Å². The lowest BCUT2D eigenvalue weighted by atomic mass is 10.00. The quantitative estimate of drug-likeness (QED) is 0.882. The summed E-state index contributed by atoms with van der Waals surface area (Å²) >= 11 is 0. The van der Waals surface area contributed by atoms with Gasteiger partial charge in [-0.3, -0.25) is 9.79 Å². The maximum atomic E-state index is 12.9. The Morgan fingerprint density at radius 2 is 1.72 bits per heavy atom. The normalized spacial score (nSPS) is 15.2. The smallest absolute Gasteiger partial charge is 0.243 e. The highest BCUT2D eigenvalue weighted by Gasteiger charge is 2.33. The summed E-state index contributed by atoms with van der Waals surface area (Å²) in [7, 11) is 0. The van der Waals surface area contributed by atoms with Crippen molar-refractivity contribution in [2.24, 2.45) is 10.9 Å². The number of rotatable bonds is 6. The third kappa shape index (κ3) is 4.08. The number of nitrogens with one attached hydrogen (secondary N) is 1. The second-order valence-corrected chi connectivity index (χ2v) is 6.66. The highest BCUT2D eigenvalue weighted by molar-refractivity contribution is 6.02. The molecule has 0 saturated carbocycles. The molecule has 130 valence electrons. The van der Waals surface area contributed by atoms with Gasteiger partial charge in [-0.25, -0.2) is 0 Å². The molecule has 0 fully saturated rings. The average Bonchev–Trinajstić information content (AvgIpc) is 3.10. The van der Waals surface area contributed by atoms with Crippen LogP contribution in [-0.4, -0.2) is 35.8 Å². The molecular weight excluding hydrogens is 310 g/mol. The van der Waals surface area contributed by atoms with E-state index in [0.717, 1.165) is 30.1 Å². The Morgan fingerprint density at radius 1 is 1.08 bits per heavy atom. The van der Waals surface area contributed by atoms with E-state index in [9.17, 15) is 4.79 Å². The van der Waals surface area contributed by atoms with E-state index in [-0.39, 0.29) is 17.9 Å². The van der Waals surface area contributed by atoms with Gasteiger partial charge in [-0.15, -0.1) is 0 Å². The van der Waals surface area contributed by atoms with Gasteiger partial charge in [0.05, 0.1) is 6.54 Å². The topological polar surface area (TPSA) is 44.7 Å². The third-order valence-corrected chi connectivity index (χ3v) is 4.45. The Labute approximate surface area is 149 Å². The first kappa shape index (κ1) is 17.2. The van der Waals surface area contributed by atoms with Crippen LogP contribution in [0.3, 0.4) is 0 Å². The predicted molar refractivity (Wildman–Crippen MR) is 101 cm³/mol. The summed E-state index contributed by atoms with van der Waals surface area (Å²) in [4.78, 5) is 19.7. The van der Waals surface area contributed by atoms with Crippen LogP contribution < -0.4 is 5.32 Å². The molecule has 1 aliphatic heterocycles. The van der Waals surface area contributed by atoms with E-state index < -0.39 is 0 Å². The Balaban J connectivity index is 1.74. The molecule has 0 radical (unpaired) electrons. The lowest BCUT2D eigenvalue weighted by molar-refractivity contribution is -0.126. The molecule has 2 aromatic rings. The number of amides is 1. The van der Waals surface area contributed by atoms with E-state index in [1.54, 1.807) is 0 Å². The zero-order valence-electron chi connectivity index (χ0n) is 14.9. The molecule has 0 aliphatic carbocycles. The van der Waals surface area contributed by atoms with Crippen LogP contribution in [-0.2, 0) is 11.3 Å². The third-order valence-electron chi connectivity index (χ3n) is 4.45. The van der Waals surface area contributed by atoms with Crippen LogP contribution in [0.1, 0.15) is 25.0 Å². The largest absolute Gasteiger partial charge is 0.350 e. The minimum Gasteiger partial charge on any atom is -0.350 e. The molecule has 1 heterocycles. The molecular formula is C21H25N3O. The summed E-state index contributed by atoms with van der Waals surface area (Å²) in [5.41, 5.74) is 2.18. The van der Waals surface area contributed by atoms with Crippen LogP contribution in [0.5, 0.6) is 0 Å². The maximum Gasteiger partial charge on any atom is 0.243 e. The van der Waals surface area contributed by atoms with Gasteiger partial charge in [-0.1, -0.05) is 74.5 Å². The van der Waals surface area contributed by atoms with Crippen molar-refractivity contribution in [3.05, 3.63) is 71.8 Å². The van der Waals surface area contributed by atoms with E-state index in [0.29, 0.717) is 6.54 Å². The first-order valence-corrected chi connectivity index (χ1v) is 8.85. The number of hydrogen-bond acceptors (Lipinski definition) is 3. The Kier molecular flexibility index (Phi) is 5.49. The standard InChI is InChI=1S/C21H25N3O/c1-16(2)19(21(25)23-15-17-9-5-3-6-10-17)24-14-13-22-20(24)18-11-7-4-8-12-18/h3-12,16,19H,13-15H2,1-2H3,(H,23,25). The second kappa shape index (κ2) is 7.97. The molecule has 1 N–H and O–H groups in total. The van der Waals surface area contributed by atoms with Crippen LogP contribution in [0.2, 0.25) is 0 Å². The fourth-order valence-electron chi connectivity index (χ4n) is 3.27. The van der Waals surface area contributed by atoms with Crippen molar-refractivity contribution in [2.45, 2.75) is 26.4 Å². The van der Waals surface area contributed by atoms with Crippen molar-refractivity contribution >= 4 is 11.7 Å². The van der Waals surface area contributed by atoms with Gasteiger partial charge in [0.2, 0.25) is 5.91 Å². The fourth-order valence-corrected chi connectivity index (χ4v) is 3.27. The lowest BCUT2D eigenvalue weighted by Crippen LogP contribution is -2.51. The van der Waals surface area contributed by atoms with Crippen LogP contribution >= 0.6 is 0 Å². The van der Waals surface area contributed by atoms with Gasteiger partial charge in [-0.05, 0) is 11.5 Å². The molecule has 2 aromatic carbocycles. The van der Waals surface area contributed by atoms with E-state index in [1.807, 2.05) is 48.5 Å². The number of benzene rings is 2. The van der Waals surface area contributed by atoms with Gasteiger partial charge in [0, 0.05) is 18.7 Å². The molecule has 0 spiro atoms. The summed E-state index contributed by atoms with van der Waals surface area (Å²) in [6.45, 7) is 6.25. The molecule has 1 aliphatic rings. The highest BCUT2D eigenvalue weighted by Crippen LogP contribution is 2.19. The summed E-state index contributed by atoms with van der Waals surface area (Å²) in [5, 5.41) is 3.09. The number of hydrogen-bond donors (Lipinski definition) is 1. The zero-order valence-corrected chi connectivity index (χ0v) is 14.9. The Hall–Kier alpha value is -2.62. The van der Waals surface area contributed by atoms with Gasteiger partial charge < -0.3 is 10.2 Å². The number of aliphatic imine (C=N–C) groups is 1. The first-order valence-electron chi connectivity index (χ1n) is 8.85. The van der Waals surface area contributed by atoms with E-state index in [1.165, 1.54) is 0 Å². The molecule has 1 atom stereocenters. The van der Waals surface area contributed by atoms with Crippen LogP contribution in [0.25, 0.3) is 0 Å². The van der Waals surface area contributed by atoms with Gasteiger partial charge in [0.15, 0.2) is 0 Å².